The van der Waals surface area contributed by atoms with Gasteiger partial charge in [0.05, 0.1) is 32.5 Å². The number of hydrogen-bond donors (Lipinski definition) is 2. The molecular weight excluding hydrogens is 550 g/mol. The van der Waals surface area contributed by atoms with Crippen LogP contribution in [0.2, 0.25) is 0 Å². The molecule has 2 aromatic carbocycles. The van der Waals surface area contributed by atoms with Crippen LogP contribution in [-0.2, 0) is 22.6 Å². The zero-order valence-electron chi connectivity index (χ0n) is 23.0. The van der Waals surface area contributed by atoms with Gasteiger partial charge in [-0.2, -0.15) is 0 Å². The summed E-state index contributed by atoms with van der Waals surface area (Å²) in [4.78, 5) is 40.9. The van der Waals surface area contributed by atoms with Crippen molar-refractivity contribution in [1.29, 1.82) is 0 Å². The third-order valence-corrected chi connectivity index (χ3v) is 7.81. The van der Waals surface area contributed by atoms with Crippen LogP contribution in [0.3, 0.4) is 0 Å². The number of nitrogens with one attached hydrogen (secondary N) is 2. The van der Waals surface area contributed by atoms with Gasteiger partial charge in [-0.25, -0.2) is 0 Å². The van der Waals surface area contributed by atoms with Crippen molar-refractivity contribution >= 4 is 29.3 Å². The molecule has 4 bridgehead atoms. The molecule has 12 nitrogen and oxygen atoms in total. The molecule has 3 amide bonds. The molecule has 216 valence electrons. The maximum absolute atomic E-state index is 13.2. The van der Waals surface area contributed by atoms with E-state index in [0.717, 1.165) is 22.7 Å². The van der Waals surface area contributed by atoms with Crippen molar-refractivity contribution in [1.82, 2.24) is 25.1 Å². The van der Waals surface area contributed by atoms with Gasteiger partial charge in [0.15, 0.2) is 18.1 Å². The lowest BCUT2D eigenvalue weighted by Gasteiger charge is -2.22. The number of hydrogen-bond acceptors (Lipinski definition) is 10. The van der Waals surface area contributed by atoms with E-state index in [1.165, 1.54) is 7.11 Å². The van der Waals surface area contributed by atoms with Crippen molar-refractivity contribution in [2.45, 2.75) is 38.5 Å². The lowest BCUT2D eigenvalue weighted by molar-refractivity contribution is -0.124. The smallest absolute Gasteiger partial charge is 0.267 e. The molecule has 41 heavy (non-hydrogen) atoms. The highest BCUT2D eigenvalue weighted by Crippen LogP contribution is 2.30. The summed E-state index contributed by atoms with van der Waals surface area (Å²) in [5.74, 6) is 1.20. The minimum absolute atomic E-state index is 0.109. The number of amides is 3. The highest BCUT2D eigenvalue weighted by Gasteiger charge is 2.39. The monoisotopic (exact) mass is 581 g/mol. The summed E-state index contributed by atoms with van der Waals surface area (Å²) in [6.07, 6.45) is 0.228. The van der Waals surface area contributed by atoms with Gasteiger partial charge in [0.1, 0.15) is 22.5 Å². The SMILES string of the molecule is COc1cc2ccc1CNC(=O)CCc1ccc(c(OC)c1)OCC(=O)N[C@@H]1CN(C(=O)c3snnc3C)C[C@H]1O2. The Morgan fingerprint density at radius 2 is 1.88 bits per heavy atom. The van der Waals surface area contributed by atoms with Crippen LogP contribution in [0.4, 0.5) is 0 Å². The molecule has 0 radical (unpaired) electrons. The minimum atomic E-state index is -0.557. The number of likely N-dealkylation sites (tertiary alicyclic amines) is 1. The maximum Gasteiger partial charge on any atom is 0.267 e. The van der Waals surface area contributed by atoms with Crippen LogP contribution in [0.15, 0.2) is 36.4 Å². The second-order valence-corrected chi connectivity index (χ2v) is 10.5. The first-order chi connectivity index (χ1) is 19.8. The first-order valence-corrected chi connectivity index (χ1v) is 13.9. The number of ether oxygens (including phenoxy) is 4. The van der Waals surface area contributed by atoms with Crippen molar-refractivity contribution in [2.24, 2.45) is 0 Å². The van der Waals surface area contributed by atoms with E-state index in [4.69, 9.17) is 18.9 Å². The number of benzene rings is 2. The molecule has 1 aromatic heterocycles. The number of methoxy groups -OCH3 is 2. The summed E-state index contributed by atoms with van der Waals surface area (Å²) in [6.45, 7) is 2.21. The molecule has 13 heteroatoms. The van der Waals surface area contributed by atoms with E-state index in [2.05, 4.69) is 20.2 Å². The van der Waals surface area contributed by atoms with Crippen LogP contribution in [-0.4, -0.2) is 78.3 Å². The molecule has 1 fully saturated rings. The van der Waals surface area contributed by atoms with Gasteiger partial charge in [-0.1, -0.05) is 10.6 Å². The number of rotatable bonds is 3. The molecule has 5 aliphatic rings. The third kappa shape index (κ3) is 6.51. The summed E-state index contributed by atoms with van der Waals surface area (Å²) < 4.78 is 27.0. The van der Waals surface area contributed by atoms with Crippen molar-refractivity contribution in [3.63, 3.8) is 0 Å². The van der Waals surface area contributed by atoms with E-state index in [-0.39, 0.29) is 50.4 Å². The van der Waals surface area contributed by atoms with Gasteiger partial charge in [0, 0.05) is 31.1 Å². The van der Waals surface area contributed by atoms with Crippen molar-refractivity contribution in [2.75, 3.05) is 33.9 Å². The Morgan fingerprint density at radius 1 is 1.05 bits per heavy atom. The van der Waals surface area contributed by atoms with Gasteiger partial charge < -0.3 is 34.5 Å². The van der Waals surface area contributed by atoms with Gasteiger partial charge in [-0.3, -0.25) is 14.4 Å². The van der Waals surface area contributed by atoms with Gasteiger partial charge in [-0.05, 0) is 54.7 Å². The zero-order valence-corrected chi connectivity index (χ0v) is 23.8. The number of carbonyl (C=O) groups is 3. The number of carbonyl (C=O) groups excluding carboxylic acids is 3. The average Bonchev–Trinajstić information content (AvgIpc) is 3.59. The third-order valence-electron chi connectivity index (χ3n) is 7.00. The maximum atomic E-state index is 13.2. The Morgan fingerprint density at radius 3 is 2.63 bits per heavy atom. The van der Waals surface area contributed by atoms with Gasteiger partial charge in [-0.15, -0.1) is 5.10 Å². The highest BCUT2D eigenvalue weighted by atomic mass is 32.1. The van der Waals surface area contributed by atoms with E-state index >= 15 is 0 Å². The average molecular weight is 582 g/mol. The summed E-state index contributed by atoms with van der Waals surface area (Å²) >= 11 is 1.03. The fourth-order valence-electron chi connectivity index (χ4n) is 4.81. The summed E-state index contributed by atoms with van der Waals surface area (Å²) in [5.41, 5.74) is 2.23. The van der Waals surface area contributed by atoms with Crippen LogP contribution in [0.25, 0.3) is 0 Å². The summed E-state index contributed by atoms with van der Waals surface area (Å²) in [7, 11) is 3.06. The Balaban J connectivity index is 1.42. The number of nitrogens with zero attached hydrogens (tertiary/aromatic N) is 3. The molecule has 2 atom stereocenters. The second-order valence-electron chi connectivity index (χ2n) is 9.75. The molecule has 5 aliphatic heterocycles. The molecule has 8 rings (SSSR count). The van der Waals surface area contributed by atoms with Crippen LogP contribution < -0.4 is 29.6 Å². The van der Waals surface area contributed by atoms with E-state index < -0.39 is 12.1 Å². The Bertz CT molecular complexity index is 1440. The lowest BCUT2D eigenvalue weighted by atomic mass is 10.1. The molecule has 3 aromatic rings. The van der Waals surface area contributed by atoms with E-state index in [1.54, 1.807) is 43.2 Å². The lowest BCUT2D eigenvalue weighted by Crippen LogP contribution is -2.46. The van der Waals surface area contributed by atoms with Crippen LogP contribution in [0, 0.1) is 6.92 Å². The molecule has 1 saturated heterocycles. The zero-order chi connectivity index (χ0) is 28.9. The van der Waals surface area contributed by atoms with Crippen LogP contribution in [0.5, 0.6) is 23.0 Å². The van der Waals surface area contributed by atoms with Gasteiger partial charge in [0.2, 0.25) is 5.91 Å². The van der Waals surface area contributed by atoms with Gasteiger partial charge >= 0.3 is 0 Å². The Kier molecular flexibility index (Phi) is 8.53. The van der Waals surface area contributed by atoms with Crippen LogP contribution in [0.1, 0.15) is 32.9 Å². The van der Waals surface area contributed by atoms with E-state index in [0.29, 0.717) is 40.0 Å². The second kappa shape index (κ2) is 12.4. The molecule has 0 aliphatic carbocycles. The summed E-state index contributed by atoms with van der Waals surface area (Å²) in [6, 6.07) is 10.2. The van der Waals surface area contributed by atoms with Crippen LogP contribution >= 0.6 is 11.5 Å². The van der Waals surface area contributed by atoms with Crippen molar-refractivity contribution < 1.29 is 33.3 Å². The van der Waals surface area contributed by atoms with Gasteiger partial charge in [0.25, 0.3) is 11.8 Å². The number of aryl methyl sites for hydroxylation is 2. The molecule has 0 unspecified atom stereocenters. The summed E-state index contributed by atoms with van der Waals surface area (Å²) in [5, 5.41) is 9.85. The van der Waals surface area contributed by atoms with Crippen molar-refractivity contribution in [3.05, 3.63) is 58.1 Å². The first kappa shape index (κ1) is 28.1. The fourth-order valence-corrected chi connectivity index (χ4v) is 5.43. The first-order valence-electron chi connectivity index (χ1n) is 13.1. The topological polar surface area (TPSA) is 141 Å². The van der Waals surface area contributed by atoms with Crippen molar-refractivity contribution in [3.8, 4) is 23.0 Å². The molecule has 6 heterocycles. The molecular formula is C28H31N5O7S. The molecule has 0 spiro atoms. The predicted octanol–water partition coefficient (Wildman–Crippen LogP) is 1.89. The standard InChI is InChI=1S/C28H31N5O7S/c1-16-27(41-32-31-16)28(36)33-13-20-24(14-33)40-19-7-6-18(22(11-19)37-2)12-29-25(34)9-5-17-4-8-21(23(10-17)38-3)39-15-26(35)30-20/h4,6-8,10-11,20,24H,5,9,12-15H2,1-3H3,(H,29,34)(H,30,35)/t20-,24-/m1/s1. The normalized spacial score (nSPS) is 19.4. The quantitative estimate of drug-likeness (QED) is 0.474. The molecule has 0 saturated carbocycles. The highest BCUT2D eigenvalue weighted by molar-refractivity contribution is 7.07. The van der Waals surface area contributed by atoms with E-state index in [1.807, 2.05) is 12.1 Å². The molecule has 2 N–H and O–H groups in total. The van der Waals surface area contributed by atoms with E-state index in [9.17, 15) is 14.4 Å². The predicted molar refractivity (Wildman–Crippen MR) is 149 cm³/mol. The Labute approximate surface area is 241 Å². The number of aromatic nitrogens is 2. The largest absolute Gasteiger partial charge is 0.496 e. The minimum Gasteiger partial charge on any atom is -0.496 e. The Hall–Kier alpha value is -4.39. The fraction of sp³-hybridized carbons (Fsp3) is 0.393.